The van der Waals surface area contributed by atoms with Crippen LogP contribution in [0.1, 0.15) is 63.4 Å². The van der Waals surface area contributed by atoms with Crippen LogP contribution in [0.4, 0.5) is 26.3 Å². The molecule has 1 saturated carbocycles. The van der Waals surface area contributed by atoms with Gasteiger partial charge in [-0.3, -0.25) is 0 Å². The van der Waals surface area contributed by atoms with E-state index in [0.29, 0.717) is 11.5 Å². The van der Waals surface area contributed by atoms with Crippen molar-refractivity contribution in [3.63, 3.8) is 0 Å². The number of hydrogen-bond acceptors (Lipinski definition) is 1. The van der Waals surface area contributed by atoms with Gasteiger partial charge >= 0.3 is 12.3 Å². The van der Waals surface area contributed by atoms with Crippen LogP contribution in [0.2, 0.25) is 18.1 Å². The molecule has 8 heteroatoms. The molecule has 0 unspecified atom stereocenters. The molecule has 176 valence electrons. The molecular weight excluding hydrogens is 434 g/mol. The highest BCUT2D eigenvalue weighted by Gasteiger charge is 2.42. The zero-order valence-electron chi connectivity index (χ0n) is 18.0. The normalized spacial score (nSPS) is 27.5. The lowest BCUT2D eigenvalue weighted by Crippen LogP contribution is -2.34. The Morgan fingerprint density at radius 3 is 2.03 bits per heavy atom. The molecule has 0 radical (unpaired) electrons. The molecule has 31 heavy (non-hydrogen) atoms. The minimum Gasteiger partial charge on any atom is -0.481 e. The lowest BCUT2D eigenvalue weighted by atomic mass is 9.72. The Morgan fingerprint density at radius 1 is 0.968 bits per heavy atom. The second kappa shape index (κ2) is 10.6. The summed E-state index contributed by atoms with van der Waals surface area (Å²) in [5, 5.41) is 0. The van der Waals surface area contributed by atoms with Crippen molar-refractivity contribution >= 4 is 8.80 Å². The van der Waals surface area contributed by atoms with E-state index in [1.165, 1.54) is 37.4 Å². The van der Waals surface area contributed by atoms with Crippen molar-refractivity contribution < 1.29 is 31.1 Å². The van der Waals surface area contributed by atoms with E-state index >= 15 is 0 Å². The van der Waals surface area contributed by atoms with Crippen molar-refractivity contribution in [3.8, 4) is 5.75 Å². The largest absolute Gasteiger partial charge is 0.481 e. The molecule has 1 aromatic carbocycles. The first kappa shape index (κ1) is 24.5. The molecule has 0 amide bonds. The molecule has 2 fully saturated rings. The van der Waals surface area contributed by atoms with E-state index in [4.69, 9.17) is 0 Å². The lowest BCUT2D eigenvalue weighted by Gasteiger charge is -2.37. The van der Waals surface area contributed by atoms with Crippen molar-refractivity contribution in [3.05, 3.63) is 29.3 Å². The van der Waals surface area contributed by atoms with Crippen LogP contribution < -0.4 is 4.74 Å². The summed E-state index contributed by atoms with van der Waals surface area (Å²) in [7, 11) is -0.503. The number of benzene rings is 1. The monoisotopic (exact) mass is 466 g/mol. The highest BCUT2D eigenvalue weighted by Crippen LogP contribution is 2.44. The Balaban J connectivity index is 1.55. The molecule has 1 aliphatic heterocycles. The molecule has 0 N–H and O–H groups in total. The first-order valence-corrected chi connectivity index (χ1v) is 13.9. The van der Waals surface area contributed by atoms with Gasteiger partial charge in [-0.2, -0.15) is 8.78 Å². The number of halogens is 6. The smallest absolute Gasteiger partial charge is 0.340 e. The Kier molecular flexibility index (Phi) is 8.38. The van der Waals surface area contributed by atoms with Gasteiger partial charge < -0.3 is 4.74 Å². The molecule has 0 aromatic heterocycles. The topological polar surface area (TPSA) is 9.23 Å². The molecule has 1 nitrogen and oxygen atoms in total. The Morgan fingerprint density at radius 2 is 1.52 bits per heavy atom. The van der Waals surface area contributed by atoms with E-state index in [1.54, 1.807) is 0 Å². The maximum Gasteiger partial charge on any atom is 0.340 e. The summed E-state index contributed by atoms with van der Waals surface area (Å²) in [6, 6.07) is 6.55. The third-order valence-electron chi connectivity index (χ3n) is 7.25. The average Bonchev–Trinajstić information content (AvgIpc) is 2.74. The van der Waals surface area contributed by atoms with Crippen LogP contribution in [-0.4, -0.2) is 27.8 Å². The minimum atomic E-state index is -4.46. The molecule has 1 aliphatic carbocycles. The fraction of sp³-hybridized carbons (Fsp3) is 0.739. The van der Waals surface area contributed by atoms with E-state index in [2.05, 4.69) is 11.7 Å². The zero-order valence-corrected chi connectivity index (χ0v) is 19.2. The van der Waals surface area contributed by atoms with Crippen LogP contribution in [-0.2, 0) is 0 Å². The van der Waals surface area contributed by atoms with Crippen LogP contribution in [0, 0.1) is 23.5 Å². The van der Waals surface area contributed by atoms with Gasteiger partial charge in [-0.1, -0.05) is 44.3 Å². The Hall–Kier alpha value is -1.18. The molecule has 0 spiro atoms. The van der Waals surface area contributed by atoms with Crippen molar-refractivity contribution in [2.75, 3.05) is 6.61 Å². The Bertz CT molecular complexity index is 689. The van der Waals surface area contributed by atoms with Gasteiger partial charge in [0, 0.05) is 8.80 Å². The molecule has 0 atom stereocenters. The summed E-state index contributed by atoms with van der Waals surface area (Å²) in [4.78, 5) is 0. The SMILES string of the molecule is CCC[SiH]1CCC(C2CCC(c3cc(F)c(OCC(F)(F)C(F)F)c(F)c3)CC2)CC1. The van der Waals surface area contributed by atoms with Gasteiger partial charge in [0.15, 0.2) is 24.0 Å². The third-order valence-corrected chi connectivity index (χ3v) is 10.9. The number of hydrogen-bond donors (Lipinski definition) is 0. The average molecular weight is 467 g/mol. The van der Waals surface area contributed by atoms with Crippen molar-refractivity contribution in [2.45, 2.75) is 88.3 Å². The standard InChI is InChI=1S/C23H32F6OSi/c1-2-9-31-10-7-17(8-11-31)15-3-5-16(6-4-15)18-12-19(24)21(20(25)13-18)30-14-23(28,29)22(26)27/h12-13,15-17,22,31H,2-11,14H2,1H3. The van der Waals surface area contributed by atoms with Crippen LogP contribution >= 0.6 is 0 Å². The number of rotatable bonds is 8. The van der Waals surface area contributed by atoms with Crippen molar-refractivity contribution in [2.24, 2.45) is 11.8 Å². The van der Waals surface area contributed by atoms with Gasteiger partial charge in [0.1, 0.15) is 0 Å². The predicted octanol–water partition coefficient (Wildman–Crippen LogP) is 7.56. The van der Waals surface area contributed by atoms with E-state index in [9.17, 15) is 26.3 Å². The maximum atomic E-state index is 14.3. The second-order valence-corrected chi connectivity index (χ2v) is 12.8. The summed E-state index contributed by atoms with van der Waals surface area (Å²) in [6.07, 6.45) is 3.79. The molecule has 1 saturated heterocycles. The van der Waals surface area contributed by atoms with Gasteiger partial charge in [-0.15, -0.1) is 0 Å². The van der Waals surface area contributed by atoms with Crippen molar-refractivity contribution in [1.29, 1.82) is 0 Å². The molecule has 0 bridgehead atoms. The quantitative estimate of drug-likeness (QED) is 0.284. The fourth-order valence-electron chi connectivity index (χ4n) is 5.46. The predicted molar refractivity (Wildman–Crippen MR) is 112 cm³/mol. The summed E-state index contributed by atoms with van der Waals surface area (Å²) in [6.45, 7) is 0.496. The van der Waals surface area contributed by atoms with E-state index in [0.717, 1.165) is 43.7 Å². The highest BCUT2D eigenvalue weighted by molar-refractivity contribution is 6.58. The van der Waals surface area contributed by atoms with Crippen LogP contribution in [0.15, 0.2) is 12.1 Å². The Labute approximate surface area is 182 Å². The van der Waals surface area contributed by atoms with Gasteiger partial charge in [0.2, 0.25) is 0 Å². The van der Waals surface area contributed by atoms with Gasteiger partial charge in [-0.05, 0) is 61.1 Å². The first-order valence-electron chi connectivity index (χ1n) is 11.5. The number of ether oxygens (including phenoxy) is 1. The third kappa shape index (κ3) is 6.20. The first-order chi connectivity index (χ1) is 14.7. The lowest BCUT2D eigenvalue weighted by molar-refractivity contribution is -0.148. The van der Waals surface area contributed by atoms with Crippen molar-refractivity contribution in [1.82, 2.24) is 0 Å². The van der Waals surface area contributed by atoms with Crippen LogP contribution in [0.3, 0.4) is 0 Å². The fourth-order valence-corrected chi connectivity index (χ4v) is 8.95. The molecule has 1 heterocycles. The summed E-state index contributed by atoms with van der Waals surface area (Å²) in [5.41, 5.74) is 0.487. The maximum absolute atomic E-state index is 14.3. The van der Waals surface area contributed by atoms with Crippen LogP contribution in [0.5, 0.6) is 5.75 Å². The molecule has 2 aliphatic rings. The summed E-state index contributed by atoms with van der Waals surface area (Å²) in [5.74, 6) is -6.26. The molecular formula is C23H32F6OSi. The van der Waals surface area contributed by atoms with E-state index in [-0.39, 0.29) is 5.92 Å². The van der Waals surface area contributed by atoms with Gasteiger partial charge in [-0.25, -0.2) is 17.6 Å². The minimum absolute atomic E-state index is 0.0163. The van der Waals surface area contributed by atoms with E-state index < -0.39 is 45.1 Å². The number of alkyl halides is 4. The second-order valence-electron chi connectivity index (χ2n) is 9.35. The van der Waals surface area contributed by atoms with Gasteiger partial charge in [0.05, 0.1) is 0 Å². The highest BCUT2D eigenvalue weighted by atomic mass is 28.3. The van der Waals surface area contributed by atoms with Gasteiger partial charge in [0.25, 0.3) is 0 Å². The van der Waals surface area contributed by atoms with Crippen LogP contribution in [0.25, 0.3) is 0 Å². The van der Waals surface area contributed by atoms with E-state index in [1.807, 2.05) is 0 Å². The zero-order chi connectivity index (χ0) is 22.6. The molecule has 3 rings (SSSR count). The summed E-state index contributed by atoms with van der Waals surface area (Å²) < 4.78 is 83.5. The molecule has 1 aromatic rings. The summed E-state index contributed by atoms with van der Waals surface area (Å²) >= 11 is 0.